The van der Waals surface area contributed by atoms with Crippen LogP contribution in [0, 0.1) is 0 Å². The summed E-state index contributed by atoms with van der Waals surface area (Å²) in [6.07, 6.45) is 4.35. The lowest BCUT2D eigenvalue weighted by Crippen LogP contribution is -2.24. The van der Waals surface area contributed by atoms with Crippen molar-refractivity contribution in [1.29, 1.82) is 0 Å². The summed E-state index contributed by atoms with van der Waals surface area (Å²) in [7, 11) is 0. The van der Waals surface area contributed by atoms with Crippen molar-refractivity contribution in [3.05, 3.63) is 46.6 Å². The van der Waals surface area contributed by atoms with Crippen molar-refractivity contribution in [3.8, 4) is 0 Å². The average molecular weight is 248 g/mol. The summed E-state index contributed by atoms with van der Waals surface area (Å²) in [4.78, 5) is 2.29. The SMILES string of the molecule is C=C1c2c(Cl)cccc2C=C(CC)N1CCC. The van der Waals surface area contributed by atoms with Gasteiger partial charge in [-0.25, -0.2) is 0 Å². The quantitative estimate of drug-likeness (QED) is 0.743. The molecule has 0 aromatic heterocycles. The van der Waals surface area contributed by atoms with Crippen LogP contribution in [0.1, 0.15) is 37.8 Å². The maximum Gasteiger partial charge on any atom is 0.0505 e. The maximum atomic E-state index is 6.28. The molecule has 0 N–H and O–H groups in total. The fourth-order valence-corrected chi connectivity index (χ4v) is 2.62. The molecule has 2 rings (SSSR count). The summed E-state index contributed by atoms with van der Waals surface area (Å²) >= 11 is 6.28. The molecule has 1 nitrogen and oxygen atoms in total. The van der Waals surface area contributed by atoms with Crippen LogP contribution in [0.2, 0.25) is 5.02 Å². The molecule has 0 fully saturated rings. The number of halogens is 1. The Kier molecular flexibility index (Phi) is 3.58. The van der Waals surface area contributed by atoms with E-state index >= 15 is 0 Å². The van der Waals surface area contributed by atoms with Gasteiger partial charge in [0.1, 0.15) is 0 Å². The lowest BCUT2D eigenvalue weighted by molar-refractivity contribution is 0.471. The minimum absolute atomic E-state index is 0.792. The molecule has 0 radical (unpaired) electrons. The molecule has 1 aromatic carbocycles. The number of benzene rings is 1. The molecule has 1 aromatic rings. The topological polar surface area (TPSA) is 3.24 Å². The van der Waals surface area contributed by atoms with Gasteiger partial charge in [-0.1, -0.05) is 44.2 Å². The molecule has 0 aliphatic carbocycles. The van der Waals surface area contributed by atoms with E-state index < -0.39 is 0 Å². The molecule has 2 heteroatoms. The minimum atomic E-state index is 0.792. The molecule has 90 valence electrons. The molecule has 1 aliphatic heterocycles. The Bertz CT molecular complexity index is 474. The van der Waals surface area contributed by atoms with Crippen molar-refractivity contribution in [2.75, 3.05) is 6.54 Å². The zero-order valence-electron chi connectivity index (χ0n) is 10.5. The van der Waals surface area contributed by atoms with Gasteiger partial charge in [-0.3, -0.25) is 0 Å². The van der Waals surface area contributed by atoms with Crippen molar-refractivity contribution < 1.29 is 0 Å². The molecule has 0 unspecified atom stereocenters. The summed E-state index contributed by atoms with van der Waals surface area (Å²) < 4.78 is 0. The number of hydrogen-bond donors (Lipinski definition) is 0. The van der Waals surface area contributed by atoms with Gasteiger partial charge in [-0.2, -0.15) is 0 Å². The lowest BCUT2D eigenvalue weighted by Gasteiger charge is -2.33. The Morgan fingerprint density at radius 2 is 2.06 bits per heavy atom. The summed E-state index contributed by atoms with van der Waals surface area (Å²) in [5.41, 5.74) is 4.63. The maximum absolute atomic E-state index is 6.28. The fraction of sp³-hybridized carbons (Fsp3) is 0.333. The van der Waals surface area contributed by atoms with Crippen molar-refractivity contribution >= 4 is 23.4 Å². The third-order valence-corrected chi connectivity index (χ3v) is 3.45. The van der Waals surface area contributed by atoms with Crippen LogP contribution in [-0.2, 0) is 0 Å². The van der Waals surface area contributed by atoms with E-state index in [0.29, 0.717) is 0 Å². The van der Waals surface area contributed by atoms with Gasteiger partial charge in [0.15, 0.2) is 0 Å². The Balaban J connectivity index is 2.53. The van der Waals surface area contributed by atoms with Crippen LogP contribution >= 0.6 is 11.6 Å². The number of fused-ring (bicyclic) bond motifs is 1. The highest BCUT2D eigenvalue weighted by Crippen LogP contribution is 2.37. The van der Waals surface area contributed by atoms with E-state index in [1.807, 2.05) is 12.1 Å². The molecule has 1 heterocycles. The molecule has 0 bridgehead atoms. The van der Waals surface area contributed by atoms with Gasteiger partial charge in [0, 0.05) is 23.5 Å². The van der Waals surface area contributed by atoms with Crippen LogP contribution in [0.3, 0.4) is 0 Å². The van der Waals surface area contributed by atoms with E-state index in [9.17, 15) is 0 Å². The zero-order chi connectivity index (χ0) is 12.4. The Labute approximate surface area is 108 Å². The second-order valence-corrected chi connectivity index (χ2v) is 4.70. The molecule has 0 spiro atoms. The summed E-state index contributed by atoms with van der Waals surface area (Å²) in [5, 5.41) is 0.792. The van der Waals surface area contributed by atoms with Gasteiger partial charge in [0.2, 0.25) is 0 Å². The first-order valence-electron chi connectivity index (χ1n) is 6.15. The van der Waals surface area contributed by atoms with Crippen molar-refractivity contribution in [2.24, 2.45) is 0 Å². The number of nitrogens with zero attached hydrogens (tertiary/aromatic N) is 1. The smallest absolute Gasteiger partial charge is 0.0505 e. The number of hydrogen-bond acceptors (Lipinski definition) is 1. The van der Waals surface area contributed by atoms with E-state index in [1.165, 1.54) is 11.3 Å². The van der Waals surface area contributed by atoms with Crippen LogP contribution in [0.4, 0.5) is 0 Å². The Hall–Kier alpha value is -1.21. The average Bonchev–Trinajstić information content (AvgIpc) is 2.32. The second-order valence-electron chi connectivity index (χ2n) is 4.29. The van der Waals surface area contributed by atoms with Gasteiger partial charge in [-0.15, -0.1) is 0 Å². The summed E-state index contributed by atoms with van der Waals surface area (Å²) in [6.45, 7) is 9.58. The third kappa shape index (κ3) is 2.12. The first-order valence-corrected chi connectivity index (χ1v) is 6.52. The Morgan fingerprint density at radius 3 is 2.71 bits per heavy atom. The highest BCUT2D eigenvalue weighted by atomic mass is 35.5. The van der Waals surface area contributed by atoms with E-state index in [0.717, 1.165) is 35.7 Å². The Morgan fingerprint density at radius 1 is 1.29 bits per heavy atom. The van der Waals surface area contributed by atoms with Gasteiger partial charge in [0.05, 0.1) is 5.02 Å². The first kappa shape index (κ1) is 12.3. The fourth-order valence-electron chi connectivity index (χ4n) is 2.33. The summed E-state index contributed by atoms with van der Waals surface area (Å²) in [5.74, 6) is 0. The van der Waals surface area contributed by atoms with Crippen molar-refractivity contribution in [2.45, 2.75) is 26.7 Å². The van der Waals surface area contributed by atoms with Gasteiger partial charge in [0.25, 0.3) is 0 Å². The molecule has 0 saturated heterocycles. The van der Waals surface area contributed by atoms with E-state index in [4.69, 9.17) is 11.6 Å². The molecular formula is C15H18ClN. The molecule has 0 amide bonds. The monoisotopic (exact) mass is 247 g/mol. The van der Waals surface area contributed by atoms with Gasteiger partial charge >= 0.3 is 0 Å². The summed E-state index contributed by atoms with van der Waals surface area (Å²) in [6, 6.07) is 6.03. The highest BCUT2D eigenvalue weighted by molar-refractivity contribution is 6.32. The molecular weight excluding hydrogens is 230 g/mol. The van der Waals surface area contributed by atoms with Crippen molar-refractivity contribution in [1.82, 2.24) is 4.90 Å². The second kappa shape index (κ2) is 4.97. The van der Waals surface area contributed by atoms with E-state index in [1.54, 1.807) is 0 Å². The lowest BCUT2D eigenvalue weighted by atomic mass is 9.97. The molecule has 1 aliphatic rings. The largest absolute Gasteiger partial charge is 0.345 e. The molecule has 0 atom stereocenters. The normalized spacial score (nSPS) is 14.6. The van der Waals surface area contributed by atoms with Gasteiger partial charge in [-0.05, 0) is 30.5 Å². The van der Waals surface area contributed by atoms with Gasteiger partial charge < -0.3 is 4.90 Å². The van der Waals surface area contributed by atoms with Crippen LogP contribution in [0.15, 0.2) is 30.5 Å². The van der Waals surface area contributed by atoms with Crippen LogP contribution in [0.25, 0.3) is 11.8 Å². The predicted molar refractivity (Wildman–Crippen MR) is 75.8 cm³/mol. The van der Waals surface area contributed by atoms with E-state index in [-0.39, 0.29) is 0 Å². The molecule has 0 saturated carbocycles. The number of rotatable bonds is 3. The third-order valence-electron chi connectivity index (χ3n) is 3.14. The zero-order valence-corrected chi connectivity index (χ0v) is 11.2. The first-order chi connectivity index (χ1) is 8.19. The highest BCUT2D eigenvalue weighted by Gasteiger charge is 2.21. The van der Waals surface area contributed by atoms with Crippen LogP contribution in [0.5, 0.6) is 0 Å². The molecule has 17 heavy (non-hydrogen) atoms. The number of allylic oxidation sites excluding steroid dienone is 1. The van der Waals surface area contributed by atoms with Crippen LogP contribution in [-0.4, -0.2) is 11.4 Å². The van der Waals surface area contributed by atoms with E-state index in [2.05, 4.69) is 37.5 Å². The predicted octanol–water partition coefficient (Wildman–Crippen LogP) is 4.79. The minimum Gasteiger partial charge on any atom is -0.345 e. The standard InChI is InChI=1S/C15H18ClN/c1-4-9-17-11(3)15-12(10-13(17)5-2)7-6-8-14(15)16/h6-8,10H,3-5,9H2,1-2H3. The van der Waals surface area contributed by atoms with Crippen molar-refractivity contribution in [3.63, 3.8) is 0 Å². The van der Waals surface area contributed by atoms with Crippen LogP contribution < -0.4 is 0 Å².